The number of nitrogens with two attached hydrogens (primary N) is 1. The summed E-state index contributed by atoms with van der Waals surface area (Å²) in [5, 5.41) is 0.116. The van der Waals surface area contributed by atoms with E-state index in [0.717, 1.165) is 32.6 Å². The summed E-state index contributed by atoms with van der Waals surface area (Å²) in [6.45, 7) is 2.34. The van der Waals surface area contributed by atoms with Crippen LogP contribution >= 0.6 is 11.6 Å². The number of anilines is 1. The van der Waals surface area contributed by atoms with Crippen molar-refractivity contribution >= 4 is 28.6 Å². The summed E-state index contributed by atoms with van der Waals surface area (Å²) >= 11 is 5.89. The van der Waals surface area contributed by atoms with E-state index >= 15 is 0 Å². The average molecular weight is 298 g/mol. The number of nitrogens with zero attached hydrogens (tertiary/aromatic N) is 4. The first-order valence-electron chi connectivity index (χ1n) is 6.50. The highest BCUT2D eigenvalue weighted by atomic mass is 35.5. The summed E-state index contributed by atoms with van der Waals surface area (Å²) < 4.78 is 12.6. The molecule has 0 spiro atoms. The zero-order valence-electron chi connectivity index (χ0n) is 11.2. The third-order valence-corrected chi connectivity index (χ3v) is 3.69. The van der Waals surface area contributed by atoms with E-state index in [2.05, 4.69) is 15.0 Å². The second-order valence-electron chi connectivity index (χ2n) is 4.81. The van der Waals surface area contributed by atoms with Crippen LogP contribution in [0.2, 0.25) is 5.28 Å². The number of imidazole rings is 1. The predicted molar refractivity (Wildman–Crippen MR) is 74.8 cm³/mol. The van der Waals surface area contributed by atoms with Gasteiger partial charge in [0.2, 0.25) is 5.28 Å². The van der Waals surface area contributed by atoms with Gasteiger partial charge in [0.15, 0.2) is 17.0 Å². The standard InChI is InChI=1S/C12H16ClN5O2/c1-19-12-15-8-9(14)16-11(13)17-10(8)18(12)6-7-2-4-20-5-3-7/h7H,2-6H2,1H3,(H2,14,16,17). The molecule has 0 aliphatic carbocycles. The zero-order valence-corrected chi connectivity index (χ0v) is 11.9. The van der Waals surface area contributed by atoms with Gasteiger partial charge in [-0.1, -0.05) is 0 Å². The van der Waals surface area contributed by atoms with Gasteiger partial charge in [-0.05, 0) is 30.4 Å². The lowest BCUT2D eigenvalue weighted by molar-refractivity contribution is 0.0608. The Balaban J connectivity index is 2.02. The minimum Gasteiger partial charge on any atom is -0.468 e. The lowest BCUT2D eigenvalue weighted by Crippen LogP contribution is -2.21. The summed E-state index contributed by atoms with van der Waals surface area (Å²) in [5.41, 5.74) is 6.98. The molecule has 1 aliphatic heterocycles. The molecular weight excluding hydrogens is 282 g/mol. The van der Waals surface area contributed by atoms with Crippen LogP contribution in [0.4, 0.5) is 5.82 Å². The van der Waals surface area contributed by atoms with Crippen molar-refractivity contribution in [1.82, 2.24) is 19.5 Å². The lowest BCUT2D eigenvalue weighted by Gasteiger charge is -2.22. The van der Waals surface area contributed by atoms with Crippen molar-refractivity contribution in [2.45, 2.75) is 19.4 Å². The Labute approximate surface area is 121 Å². The molecule has 2 aromatic rings. The minimum absolute atomic E-state index is 0.116. The molecule has 1 fully saturated rings. The smallest absolute Gasteiger partial charge is 0.298 e. The minimum atomic E-state index is 0.116. The lowest BCUT2D eigenvalue weighted by atomic mass is 10.0. The van der Waals surface area contributed by atoms with Crippen LogP contribution < -0.4 is 10.5 Å². The Morgan fingerprint density at radius 1 is 1.35 bits per heavy atom. The Morgan fingerprint density at radius 2 is 2.10 bits per heavy atom. The van der Waals surface area contributed by atoms with E-state index in [-0.39, 0.29) is 11.1 Å². The maximum atomic E-state index is 5.89. The molecule has 1 aliphatic rings. The zero-order chi connectivity index (χ0) is 14.1. The van der Waals surface area contributed by atoms with Crippen molar-refractivity contribution < 1.29 is 9.47 Å². The van der Waals surface area contributed by atoms with E-state index in [9.17, 15) is 0 Å². The molecule has 0 bridgehead atoms. The van der Waals surface area contributed by atoms with E-state index in [0.29, 0.717) is 23.1 Å². The van der Waals surface area contributed by atoms with Gasteiger partial charge in [-0.25, -0.2) is 0 Å². The van der Waals surface area contributed by atoms with Gasteiger partial charge in [0.25, 0.3) is 6.01 Å². The van der Waals surface area contributed by atoms with Crippen molar-refractivity contribution in [3.63, 3.8) is 0 Å². The van der Waals surface area contributed by atoms with Crippen molar-refractivity contribution in [3.8, 4) is 6.01 Å². The van der Waals surface area contributed by atoms with Crippen molar-refractivity contribution in [3.05, 3.63) is 5.28 Å². The topological polar surface area (TPSA) is 88.1 Å². The molecule has 0 amide bonds. The van der Waals surface area contributed by atoms with Crippen LogP contribution in [0.25, 0.3) is 11.2 Å². The van der Waals surface area contributed by atoms with Crippen LogP contribution in [0.5, 0.6) is 6.01 Å². The number of rotatable bonds is 3. The van der Waals surface area contributed by atoms with E-state index in [4.69, 9.17) is 26.8 Å². The second-order valence-corrected chi connectivity index (χ2v) is 5.15. The van der Waals surface area contributed by atoms with Crippen LogP contribution in [0.15, 0.2) is 0 Å². The molecule has 0 unspecified atom stereocenters. The molecule has 108 valence electrons. The van der Waals surface area contributed by atoms with Gasteiger partial charge in [-0.2, -0.15) is 15.0 Å². The molecule has 0 aromatic carbocycles. The van der Waals surface area contributed by atoms with E-state index in [1.54, 1.807) is 7.11 Å². The molecule has 2 aromatic heterocycles. The number of halogens is 1. The van der Waals surface area contributed by atoms with Crippen molar-refractivity contribution in [1.29, 1.82) is 0 Å². The van der Waals surface area contributed by atoms with Crippen LogP contribution in [-0.2, 0) is 11.3 Å². The SMILES string of the molecule is COc1nc2c(N)nc(Cl)nc2n1CC1CCOCC1. The number of hydrogen-bond donors (Lipinski definition) is 1. The highest BCUT2D eigenvalue weighted by molar-refractivity contribution is 6.28. The molecular formula is C12H16ClN5O2. The van der Waals surface area contributed by atoms with Gasteiger partial charge in [0.1, 0.15) is 0 Å². The number of methoxy groups -OCH3 is 1. The van der Waals surface area contributed by atoms with Gasteiger partial charge >= 0.3 is 0 Å². The molecule has 2 N–H and O–H groups in total. The fourth-order valence-corrected chi connectivity index (χ4v) is 2.65. The number of aromatic nitrogens is 4. The largest absolute Gasteiger partial charge is 0.468 e. The molecule has 7 nitrogen and oxygen atoms in total. The van der Waals surface area contributed by atoms with Gasteiger partial charge in [-0.15, -0.1) is 0 Å². The fraction of sp³-hybridized carbons (Fsp3) is 0.583. The van der Waals surface area contributed by atoms with E-state index in [1.807, 2.05) is 4.57 Å². The number of nitrogen functional groups attached to an aromatic ring is 1. The van der Waals surface area contributed by atoms with Crippen LogP contribution in [-0.4, -0.2) is 39.8 Å². The third-order valence-electron chi connectivity index (χ3n) is 3.52. The Morgan fingerprint density at radius 3 is 2.80 bits per heavy atom. The molecule has 3 heterocycles. The Bertz CT molecular complexity index is 624. The molecule has 0 atom stereocenters. The third kappa shape index (κ3) is 2.38. The van der Waals surface area contributed by atoms with Crippen LogP contribution in [0.1, 0.15) is 12.8 Å². The molecule has 0 saturated carbocycles. The van der Waals surface area contributed by atoms with Crippen LogP contribution in [0.3, 0.4) is 0 Å². The summed E-state index contributed by atoms with van der Waals surface area (Å²) in [4.78, 5) is 12.5. The quantitative estimate of drug-likeness (QED) is 0.864. The van der Waals surface area contributed by atoms with Gasteiger partial charge < -0.3 is 15.2 Å². The van der Waals surface area contributed by atoms with Gasteiger partial charge in [-0.3, -0.25) is 4.57 Å². The molecule has 3 rings (SSSR count). The summed E-state index contributed by atoms with van der Waals surface area (Å²) in [6.07, 6.45) is 2.02. The monoisotopic (exact) mass is 297 g/mol. The predicted octanol–water partition coefficient (Wildman–Crippen LogP) is 1.50. The number of hydrogen-bond acceptors (Lipinski definition) is 6. The highest BCUT2D eigenvalue weighted by Crippen LogP contribution is 2.27. The first-order chi connectivity index (χ1) is 9.69. The Hall–Kier alpha value is -1.60. The summed E-state index contributed by atoms with van der Waals surface area (Å²) in [6, 6.07) is 0.481. The summed E-state index contributed by atoms with van der Waals surface area (Å²) in [5.74, 6) is 0.772. The normalized spacial score (nSPS) is 16.7. The van der Waals surface area contributed by atoms with E-state index in [1.165, 1.54) is 0 Å². The highest BCUT2D eigenvalue weighted by Gasteiger charge is 2.21. The van der Waals surface area contributed by atoms with Gasteiger partial charge in [0, 0.05) is 19.8 Å². The summed E-state index contributed by atoms with van der Waals surface area (Å²) in [7, 11) is 1.58. The number of fused-ring (bicyclic) bond motifs is 1. The van der Waals surface area contributed by atoms with Crippen molar-refractivity contribution in [2.75, 3.05) is 26.1 Å². The molecule has 0 radical (unpaired) electrons. The fourth-order valence-electron chi connectivity index (χ4n) is 2.48. The second kappa shape index (κ2) is 5.41. The molecule has 1 saturated heterocycles. The Kier molecular flexibility index (Phi) is 3.62. The number of ether oxygens (including phenoxy) is 2. The van der Waals surface area contributed by atoms with Crippen LogP contribution in [0, 0.1) is 5.92 Å². The average Bonchev–Trinajstić information content (AvgIpc) is 2.78. The van der Waals surface area contributed by atoms with Gasteiger partial charge in [0.05, 0.1) is 7.11 Å². The molecule has 8 heteroatoms. The first-order valence-corrected chi connectivity index (χ1v) is 6.88. The maximum Gasteiger partial charge on any atom is 0.298 e. The van der Waals surface area contributed by atoms with E-state index < -0.39 is 0 Å². The molecule has 20 heavy (non-hydrogen) atoms. The first kappa shape index (κ1) is 13.4. The van der Waals surface area contributed by atoms with Crippen molar-refractivity contribution in [2.24, 2.45) is 5.92 Å². The maximum absolute atomic E-state index is 5.89.